The fourth-order valence-electron chi connectivity index (χ4n) is 1.90. The Kier molecular flexibility index (Phi) is 7.22. The van der Waals surface area contributed by atoms with Gasteiger partial charge in [0.05, 0.1) is 11.9 Å². The van der Waals surface area contributed by atoms with Crippen molar-refractivity contribution >= 4 is 33.3 Å². The van der Waals surface area contributed by atoms with Crippen molar-refractivity contribution in [3.05, 3.63) is 23.8 Å². The quantitative estimate of drug-likeness (QED) is 0.582. The number of nitrogens with one attached hydrogen (secondary N) is 4. The summed E-state index contributed by atoms with van der Waals surface area (Å²) < 4.78 is 25.2. The van der Waals surface area contributed by atoms with E-state index in [9.17, 15) is 18.0 Å². The van der Waals surface area contributed by atoms with Crippen molar-refractivity contribution in [3.63, 3.8) is 0 Å². The minimum absolute atomic E-state index is 0.282. The number of carbonyl (C=O) groups is 2. The maximum absolute atomic E-state index is 12.0. The number of carbonyl (C=O) groups excluding carboxylic acids is 2. The van der Waals surface area contributed by atoms with Crippen molar-refractivity contribution in [1.82, 2.24) is 10.6 Å². The highest BCUT2D eigenvalue weighted by molar-refractivity contribution is 7.92. The van der Waals surface area contributed by atoms with E-state index in [2.05, 4.69) is 20.7 Å². The molecular formula is C16H26N4O4S. The third-order valence-electron chi connectivity index (χ3n) is 3.22. The number of aryl methyl sites for hydroxylation is 1. The number of urea groups is 1. The van der Waals surface area contributed by atoms with Crippen LogP contribution in [0.1, 0.15) is 26.3 Å². The second-order valence-corrected chi connectivity index (χ2v) is 8.11. The van der Waals surface area contributed by atoms with E-state index >= 15 is 0 Å². The van der Waals surface area contributed by atoms with E-state index in [4.69, 9.17) is 0 Å². The summed E-state index contributed by atoms with van der Waals surface area (Å²) in [5.41, 5.74) is 1.73. The van der Waals surface area contributed by atoms with Crippen LogP contribution >= 0.6 is 0 Å². The number of rotatable bonds is 7. The van der Waals surface area contributed by atoms with E-state index in [1.54, 1.807) is 32.0 Å². The van der Waals surface area contributed by atoms with Gasteiger partial charge in [-0.05, 0) is 37.5 Å². The summed E-state index contributed by atoms with van der Waals surface area (Å²) in [7, 11) is -3.40. The summed E-state index contributed by atoms with van der Waals surface area (Å²) in [5.74, 6) is -0.204. The average molecular weight is 370 g/mol. The highest BCUT2D eigenvalue weighted by Gasteiger charge is 2.16. The van der Waals surface area contributed by atoms with Gasteiger partial charge in [-0.15, -0.1) is 0 Å². The molecule has 140 valence electrons. The molecule has 0 fully saturated rings. The van der Waals surface area contributed by atoms with Crippen LogP contribution in [0, 0.1) is 12.8 Å². The Hall–Kier alpha value is -2.29. The molecule has 0 saturated heterocycles. The van der Waals surface area contributed by atoms with Crippen LogP contribution < -0.4 is 20.7 Å². The molecule has 4 N–H and O–H groups in total. The maximum Gasteiger partial charge on any atom is 0.321 e. The molecule has 0 aliphatic heterocycles. The zero-order chi connectivity index (χ0) is 19.2. The van der Waals surface area contributed by atoms with Crippen molar-refractivity contribution in [3.8, 4) is 0 Å². The number of benzene rings is 1. The highest BCUT2D eigenvalue weighted by Crippen LogP contribution is 2.21. The molecule has 25 heavy (non-hydrogen) atoms. The predicted molar refractivity (Wildman–Crippen MR) is 99.1 cm³/mol. The van der Waals surface area contributed by atoms with Crippen molar-refractivity contribution in [1.29, 1.82) is 0 Å². The summed E-state index contributed by atoms with van der Waals surface area (Å²) in [6.45, 7) is 7.75. The molecule has 1 atom stereocenters. The molecule has 0 saturated carbocycles. The first-order valence-corrected chi connectivity index (χ1v) is 9.80. The van der Waals surface area contributed by atoms with Crippen LogP contribution in [0.25, 0.3) is 0 Å². The predicted octanol–water partition coefficient (Wildman–Crippen LogP) is 1.65. The van der Waals surface area contributed by atoms with E-state index in [0.29, 0.717) is 17.9 Å². The van der Waals surface area contributed by atoms with Crippen LogP contribution in [0.3, 0.4) is 0 Å². The lowest BCUT2D eigenvalue weighted by Gasteiger charge is -2.17. The largest absolute Gasteiger partial charge is 0.374 e. The van der Waals surface area contributed by atoms with Crippen molar-refractivity contribution in [2.45, 2.75) is 33.7 Å². The number of amides is 3. The van der Waals surface area contributed by atoms with Crippen LogP contribution in [0.15, 0.2) is 18.2 Å². The molecule has 0 bridgehead atoms. The van der Waals surface area contributed by atoms with Gasteiger partial charge in [-0.25, -0.2) is 13.2 Å². The van der Waals surface area contributed by atoms with Gasteiger partial charge in [0.15, 0.2) is 0 Å². The molecule has 1 rings (SSSR count). The molecule has 9 heteroatoms. The Morgan fingerprint density at radius 1 is 1.16 bits per heavy atom. The zero-order valence-electron chi connectivity index (χ0n) is 15.1. The fraction of sp³-hybridized carbons (Fsp3) is 0.500. The first kappa shape index (κ1) is 20.8. The van der Waals surface area contributed by atoms with Crippen LogP contribution in [0.4, 0.5) is 16.2 Å². The van der Waals surface area contributed by atoms with Gasteiger partial charge >= 0.3 is 6.03 Å². The second kappa shape index (κ2) is 8.70. The van der Waals surface area contributed by atoms with Crippen LogP contribution in [-0.4, -0.2) is 39.2 Å². The number of anilines is 2. The van der Waals surface area contributed by atoms with Gasteiger partial charge in [0.2, 0.25) is 15.9 Å². The Labute approximate surface area is 148 Å². The molecule has 0 spiro atoms. The first-order valence-electron chi connectivity index (χ1n) is 7.91. The molecule has 1 aromatic carbocycles. The molecule has 0 radical (unpaired) electrons. The number of sulfonamides is 1. The third-order valence-corrected chi connectivity index (χ3v) is 3.81. The molecular weight excluding hydrogens is 344 g/mol. The van der Waals surface area contributed by atoms with E-state index in [0.717, 1.165) is 11.8 Å². The van der Waals surface area contributed by atoms with Gasteiger partial charge in [0.25, 0.3) is 0 Å². The normalized spacial score (nSPS) is 12.4. The van der Waals surface area contributed by atoms with E-state index in [-0.39, 0.29) is 5.92 Å². The summed E-state index contributed by atoms with van der Waals surface area (Å²) >= 11 is 0. The molecule has 1 aromatic rings. The van der Waals surface area contributed by atoms with Gasteiger partial charge in [0.1, 0.15) is 6.04 Å². The summed E-state index contributed by atoms with van der Waals surface area (Å²) in [4.78, 5) is 23.7. The molecule has 1 unspecified atom stereocenters. The summed E-state index contributed by atoms with van der Waals surface area (Å²) in [6.07, 6.45) is 1.07. The zero-order valence-corrected chi connectivity index (χ0v) is 16.0. The molecule has 0 aromatic heterocycles. The second-order valence-electron chi connectivity index (χ2n) is 6.36. The molecule has 0 aliphatic carbocycles. The minimum atomic E-state index is -3.40. The SMILES string of the molecule is Cc1ccc(NC(C)C(=O)NC(=O)NCC(C)C)cc1NS(C)(=O)=O. The third kappa shape index (κ3) is 7.88. The lowest BCUT2D eigenvalue weighted by Crippen LogP contribution is -2.46. The van der Waals surface area contributed by atoms with Crippen LogP contribution in [0.2, 0.25) is 0 Å². The molecule has 3 amide bonds. The Morgan fingerprint density at radius 3 is 2.36 bits per heavy atom. The molecule has 8 nitrogen and oxygen atoms in total. The van der Waals surface area contributed by atoms with Crippen LogP contribution in [-0.2, 0) is 14.8 Å². The van der Waals surface area contributed by atoms with Gasteiger partial charge in [-0.3, -0.25) is 14.8 Å². The standard InChI is InChI=1S/C16H26N4O4S/c1-10(2)9-17-16(22)19-15(21)12(4)18-13-7-6-11(3)14(8-13)20-25(5,23)24/h6-8,10,12,18,20H,9H2,1-5H3,(H2,17,19,21,22). The van der Waals surface area contributed by atoms with Gasteiger partial charge in [0, 0.05) is 12.2 Å². The summed E-state index contributed by atoms with van der Waals surface area (Å²) in [5, 5.41) is 7.79. The Morgan fingerprint density at radius 2 is 1.80 bits per heavy atom. The molecule has 0 aliphatic rings. The van der Waals surface area contributed by atoms with Crippen molar-refractivity contribution < 1.29 is 18.0 Å². The fourth-order valence-corrected chi connectivity index (χ4v) is 2.52. The number of hydrogen-bond donors (Lipinski definition) is 4. The first-order chi connectivity index (χ1) is 11.5. The topological polar surface area (TPSA) is 116 Å². The lowest BCUT2D eigenvalue weighted by molar-refractivity contribution is -0.120. The number of imide groups is 1. The van der Waals surface area contributed by atoms with E-state index in [1.165, 1.54) is 0 Å². The number of hydrogen-bond acceptors (Lipinski definition) is 5. The lowest BCUT2D eigenvalue weighted by atomic mass is 10.1. The van der Waals surface area contributed by atoms with E-state index < -0.39 is 28.0 Å². The molecule has 0 heterocycles. The van der Waals surface area contributed by atoms with Gasteiger partial charge in [-0.2, -0.15) is 0 Å². The average Bonchev–Trinajstić information content (AvgIpc) is 2.47. The van der Waals surface area contributed by atoms with Gasteiger partial charge in [-0.1, -0.05) is 19.9 Å². The summed E-state index contributed by atoms with van der Waals surface area (Å²) in [6, 6.07) is 3.83. The van der Waals surface area contributed by atoms with Crippen molar-refractivity contribution in [2.24, 2.45) is 5.92 Å². The minimum Gasteiger partial charge on any atom is -0.374 e. The Balaban J connectivity index is 2.70. The van der Waals surface area contributed by atoms with Crippen molar-refractivity contribution in [2.75, 3.05) is 22.8 Å². The monoisotopic (exact) mass is 370 g/mol. The van der Waals surface area contributed by atoms with E-state index in [1.807, 2.05) is 13.8 Å². The maximum atomic E-state index is 12.0. The smallest absolute Gasteiger partial charge is 0.321 e. The van der Waals surface area contributed by atoms with Crippen LogP contribution in [0.5, 0.6) is 0 Å². The Bertz CT molecular complexity index is 732. The highest BCUT2D eigenvalue weighted by atomic mass is 32.2. The van der Waals surface area contributed by atoms with Gasteiger partial charge < -0.3 is 10.6 Å².